The molecule has 4 nitrogen and oxygen atoms in total. The molecule has 0 spiro atoms. The Hall–Kier alpha value is -1.49. The van der Waals surface area contributed by atoms with Crippen molar-refractivity contribution in [2.75, 3.05) is 12.9 Å². The largest absolute Gasteiger partial charge is 0.452 e. The van der Waals surface area contributed by atoms with Crippen molar-refractivity contribution in [3.63, 3.8) is 0 Å². The molecule has 0 heterocycles. The van der Waals surface area contributed by atoms with E-state index in [0.29, 0.717) is 5.56 Å². The fraction of sp³-hybridized carbons (Fsp3) is 0.429. The average Bonchev–Trinajstić information content (AvgIpc) is 2.44. The Morgan fingerprint density at radius 1 is 1.37 bits per heavy atom. The maximum atomic E-state index is 11.9. The van der Waals surface area contributed by atoms with Crippen molar-refractivity contribution in [1.29, 1.82) is 0 Å². The molecule has 0 fully saturated rings. The Labute approximate surface area is 117 Å². The topological polar surface area (TPSA) is 55.4 Å². The highest BCUT2D eigenvalue weighted by Crippen LogP contribution is 2.20. The zero-order valence-corrected chi connectivity index (χ0v) is 12.3. The number of nitrogens with one attached hydrogen (secondary N) is 1. The van der Waals surface area contributed by atoms with Gasteiger partial charge in [0.25, 0.3) is 5.91 Å². The number of ether oxygens (including phenoxy) is 1. The molecule has 0 aromatic heterocycles. The molecule has 0 saturated heterocycles. The average molecular weight is 281 g/mol. The number of benzene rings is 1. The lowest BCUT2D eigenvalue weighted by molar-refractivity contribution is -0.124. The summed E-state index contributed by atoms with van der Waals surface area (Å²) in [6, 6.07) is 7.26. The molecule has 0 saturated carbocycles. The molecule has 0 bridgehead atoms. The van der Waals surface area contributed by atoms with Crippen LogP contribution in [0.4, 0.5) is 0 Å². The Kier molecular flexibility index (Phi) is 6.42. The van der Waals surface area contributed by atoms with E-state index in [9.17, 15) is 9.59 Å². The van der Waals surface area contributed by atoms with Gasteiger partial charge < -0.3 is 10.1 Å². The van der Waals surface area contributed by atoms with Crippen LogP contribution in [0.3, 0.4) is 0 Å². The van der Waals surface area contributed by atoms with Gasteiger partial charge in [0.2, 0.25) is 0 Å². The quantitative estimate of drug-likeness (QED) is 0.643. The van der Waals surface area contributed by atoms with Crippen molar-refractivity contribution in [2.24, 2.45) is 0 Å². The number of hydrogen-bond acceptors (Lipinski definition) is 4. The van der Waals surface area contributed by atoms with E-state index < -0.39 is 5.97 Å². The first-order chi connectivity index (χ1) is 9.08. The minimum atomic E-state index is -0.468. The van der Waals surface area contributed by atoms with Crippen molar-refractivity contribution in [3.8, 4) is 0 Å². The molecule has 1 unspecified atom stereocenters. The van der Waals surface area contributed by atoms with E-state index >= 15 is 0 Å². The van der Waals surface area contributed by atoms with Crippen LogP contribution < -0.4 is 5.32 Å². The van der Waals surface area contributed by atoms with Crippen LogP contribution in [0.2, 0.25) is 0 Å². The molecular formula is C14H19NO3S. The standard InChI is InChI=1S/C14H19NO3S/c1-4-10(2)15-13(16)9-18-14(17)11-7-5-6-8-12(11)19-3/h5-8,10H,4,9H2,1-3H3,(H,15,16). The van der Waals surface area contributed by atoms with Crippen molar-refractivity contribution < 1.29 is 14.3 Å². The molecule has 0 aliphatic carbocycles. The fourth-order valence-corrected chi connectivity index (χ4v) is 2.03. The SMILES string of the molecule is CCC(C)NC(=O)COC(=O)c1ccccc1SC. The van der Waals surface area contributed by atoms with E-state index in [-0.39, 0.29) is 18.6 Å². The third-order valence-electron chi connectivity index (χ3n) is 2.68. The molecule has 0 radical (unpaired) electrons. The number of rotatable bonds is 6. The number of hydrogen-bond donors (Lipinski definition) is 1. The van der Waals surface area contributed by atoms with Crippen LogP contribution in [0.1, 0.15) is 30.6 Å². The lowest BCUT2D eigenvalue weighted by Gasteiger charge is -2.12. The van der Waals surface area contributed by atoms with Crippen LogP contribution in [0, 0.1) is 0 Å². The van der Waals surface area contributed by atoms with E-state index in [0.717, 1.165) is 11.3 Å². The van der Waals surface area contributed by atoms with Crippen LogP contribution in [0.15, 0.2) is 29.2 Å². The van der Waals surface area contributed by atoms with E-state index in [1.165, 1.54) is 11.8 Å². The minimum absolute atomic E-state index is 0.0877. The van der Waals surface area contributed by atoms with Gasteiger partial charge in [0.05, 0.1) is 5.56 Å². The van der Waals surface area contributed by atoms with E-state index in [1.54, 1.807) is 12.1 Å². The number of carbonyl (C=O) groups excluding carboxylic acids is 2. The highest BCUT2D eigenvalue weighted by molar-refractivity contribution is 7.98. The summed E-state index contributed by atoms with van der Waals surface area (Å²) in [4.78, 5) is 24.2. The smallest absolute Gasteiger partial charge is 0.339 e. The summed E-state index contributed by atoms with van der Waals surface area (Å²) in [6.07, 6.45) is 2.73. The number of amides is 1. The molecule has 0 aliphatic rings. The third kappa shape index (κ3) is 4.95. The highest BCUT2D eigenvalue weighted by atomic mass is 32.2. The monoisotopic (exact) mass is 281 g/mol. The van der Waals surface area contributed by atoms with E-state index in [1.807, 2.05) is 32.2 Å². The molecule has 0 aliphatic heterocycles. The van der Waals surface area contributed by atoms with E-state index in [4.69, 9.17) is 4.74 Å². The highest BCUT2D eigenvalue weighted by Gasteiger charge is 2.14. The van der Waals surface area contributed by atoms with Crippen molar-refractivity contribution in [1.82, 2.24) is 5.32 Å². The molecular weight excluding hydrogens is 262 g/mol. The Balaban J connectivity index is 2.54. The van der Waals surface area contributed by atoms with Gasteiger partial charge in [-0.2, -0.15) is 0 Å². The first-order valence-corrected chi connectivity index (χ1v) is 7.40. The lowest BCUT2D eigenvalue weighted by Crippen LogP contribution is -2.35. The molecule has 1 atom stereocenters. The number of thioether (sulfide) groups is 1. The van der Waals surface area contributed by atoms with Crippen LogP contribution in [-0.4, -0.2) is 30.8 Å². The van der Waals surface area contributed by atoms with Gasteiger partial charge in [-0.3, -0.25) is 4.79 Å². The van der Waals surface area contributed by atoms with Crippen LogP contribution in [0.25, 0.3) is 0 Å². The Bertz CT molecular complexity index is 448. The van der Waals surface area contributed by atoms with Gasteiger partial charge >= 0.3 is 5.97 Å². The van der Waals surface area contributed by atoms with Crippen molar-refractivity contribution in [2.45, 2.75) is 31.2 Å². The summed E-state index contributed by atoms with van der Waals surface area (Å²) in [7, 11) is 0. The second kappa shape index (κ2) is 7.84. The summed E-state index contributed by atoms with van der Waals surface area (Å²) in [5, 5.41) is 2.74. The zero-order chi connectivity index (χ0) is 14.3. The van der Waals surface area contributed by atoms with Crippen LogP contribution in [-0.2, 0) is 9.53 Å². The normalized spacial score (nSPS) is 11.7. The maximum Gasteiger partial charge on any atom is 0.339 e. The second-order valence-corrected chi connectivity index (χ2v) is 5.00. The van der Waals surface area contributed by atoms with Gasteiger partial charge in [0.15, 0.2) is 6.61 Å². The van der Waals surface area contributed by atoms with Gasteiger partial charge in [-0.15, -0.1) is 11.8 Å². The van der Waals surface area contributed by atoms with Crippen molar-refractivity contribution in [3.05, 3.63) is 29.8 Å². The summed E-state index contributed by atoms with van der Waals surface area (Å²) >= 11 is 1.47. The lowest BCUT2D eigenvalue weighted by atomic mass is 10.2. The predicted molar refractivity (Wildman–Crippen MR) is 76.4 cm³/mol. The molecule has 1 aromatic rings. The van der Waals surface area contributed by atoms with E-state index in [2.05, 4.69) is 5.32 Å². The van der Waals surface area contributed by atoms with Gasteiger partial charge in [-0.1, -0.05) is 19.1 Å². The second-order valence-electron chi connectivity index (χ2n) is 4.15. The number of carbonyl (C=O) groups is 2. The molecule has 1 amide bonds. The van der Waals surface area contributed by atoms with Crippen LogP contribution in [0.5, 0.6) is 0 Å². The fourth-order valence-electron chi connectivity index (χ4n) is 1.44. The first kappa shape index (κ1) is 15.6. The predicted octanol–water partition coefficient (Wildman–Crippen LogP) is 2.48. The third-order valence-corrected chi connectivity index (χ3v) is 3.48. The summed E-state index contributed by atoms with van der Waals surface area (Å²) in [5.74, 6) is -0.742. The molecule has 1 aromatic carbocycles. The van der Waals surface area contributed by atoms with Gasteiger partial charge in [0, 0.05) is 10.9 Å². The molecule has 104 valence electrons. The molecule has 5 heteroatoms. The van der Waals surface area contributed by atoms with Crippen LogP contribution >= 0.6 is 11.8 Å². The van der Waals surface area contributed by atoms with Gasteiger partial charge in [-0.25, -0.2) is 4.79 Å². The summed E-state index contributed by atoms with van der Waals surface area (Å²) in [6.45, 7) is 3.64. The first-order valence-electron chi connectivity index (χ1n) is 6.18. The molecule has 1 rings (SSSR count). The molecule has 1 N–H and O–H groups in total. The summed E-state index contributed by atoms with van der Waals surface area (Å²) < 4.78 is 5.01. The maximum absolute atomic E-state index is 11.9. The zero-order valence-electron chi connectivity index (χ0n) is 11.4. The van der Waals surface area contributed by atoms with Gasteiger partial charge in [0.1, 0.15) is 0 Å². The number of esters is 1. The summed E-state index contributed by atoms with van der Waals surface area (Å²) in [5.41, 5.74) is 0.492. The Morgan fingerprint density at radius 3 is 2.68 bits per heavy atom. The minimum Gasteiger partial charge on any atom is -0.452 e. The molecule has 19 heavy (non-hydrogen) atoms. The van der Waals surface area contributed by atoms with Gasteiger partial charge in [-0.05, 0) is 31.7 Å². The van der Waals surface area contributed by atoms with Crippen molar-refractivity contribution >= 4 is 23.6 Å². The Morgan fingerprint density at radius 2 is 2.05 bits per heavy atom.